The van der Waals surface area contributed by atoms with Gasteiger partial charge in [-0.1, -0.05) is 37.6 Å². The predicted molar refractivity (Wildman–Crippen MR) is 66.7 cm³/mol. The highest BCUT2D eigenvalue weighted by Crippen LogP contribution is 2.25. The van der Waals surface area contributed by atoms with E-state index in [1.165, 1.54) is 5.57 Å². The first-order chi connectivity index (χ1) is 7.47. The van der Waals surface area contributed by atoms with Gasteiger partial charge in [0.2, 0.25) is 5.91 Å². The molecule has 1 N–H and O–H groups in total. The molecule has 1 saturated heterocycles. The van der Waals surface area contributed by atoms with Crippen molar-refractivity contribution >= 4 is 5.91 Å². The van der Waals surface area contributed by atoms with E-state index in [1.54, 1.807) is 5.01 Å². The Labute approximate surface area is 98.2 Å². The Kier molecular flexibility index (Phi) is 4.30. The number of allylic oxidation sites excluding steroid dienone is 3. The molecule has 0 unspecified atom stereocenters. The highest BCUT2D eigenvalue weighted by molar-refractivity contribution is 5.82. The molecule has 0 radical (unpaired) electrons. The maximum absolute atomic E-state index is 12.1. The third-order valence-electron chi connectivity index (χ3n) is 2.86. The Morgan fingerprint density at radius 3 is 2.88 bits per heavy atom. The number of hydrogen-bond donors (Lipinski definition) is 1. The number of hydrogen-bond acceptors (Lipinski definition) is 2. The fourth-order valence-corrected chi connectivity index (χ4v) is 1.74. The van der Waals surface area contributed by atoms with Gasteiger partial charge in [0.25, 0.3) is 0 Å². The molecule has 0 aromatic heterocycles. The molecule has 1 aliphatic rings. The van der Waals surface area contributed by atoms with E-state index in [4.69, 9.17) is 0 Å². The van der Waals surface area contributed by atoms with E-state index in [0.29, 0.717) is 6.54 Å². The van der Waals surface area contributed by atoms with Crippen molar-refractivity contribution in [2.24, 2.45) is 5.41 Å². The summed E-state index contributed by atoms with van der Waals surface area (Å²) in [7, 11) is 0. The van der Waals surface area contributed by atoms with Crippen LogP contribution in [0.3, 0.4) is 0 Å². The summed E-state index contributed by atoms with van der Waals surface area (Å²) >= 11 is 0. The Balaban J connectivity index is 2.64. The van der Waals surface area contributed by atoms with Crippen LogP contribution in [0, 0.1) is 5.41 Å². The van der Waals surface area contributed by atoms with Crippen LogP contribution in [0.2, 0.25) is 0 Å². The SMILES string of the molecule is C/C=C\C=C(/C)CN1NCCC(C)(C)C1=O. The number of carbonyl (C=O) groups is 1. The zero-order chi connectivity index (χ0) is 12.2. The quantitative estimate of drug-likeness (QED) is 0.743. The van der Waals surface area contributed by atoms with Crippen molar-refractivity contribution < 1.29 is 4.79 Å². The summed E-state index contributed by atoms with van der Waals surface area (Å²) in [5.74, 6) is 0.187. The number of nitrogens with one attached hydrogen (secondary N) is 1. The molecule has 1 heterocycles. The Morgan fingerprint density at radius 1 is 1.56 bits per heavy atom. The van der Waals surface area contributed by atoms with Crippen molar-refractivity contribution in [1.29, 1.82) is 0 Å². The molecule has 3 heteroatoms. The van der Waals surface area contributed by atoms with E-state index in [2.05, 4.69) is 5.43 Å². The summed E-state index contributed by atoms with van der Waals surface area (Å²) in [5, 5.41) is 1.73. The Morgan fingerprint density at radius 2 is 2.25 bits per heavy atom. The predicted octanol–water partition coefficient (Wildman–Crippen LogP) is 2.27. The molecule has 0 saturated carbocycles. The number of amides is 1. The zero-order valence-electron chi connectivity index (χ0n) is 10.7. The minimum atomic E-state index is -0.230. The second-order valence-electron chi connectivity index (χ2n) is 4.97. The topological polar surface area (TPSA) is 32.3 Å². The number of carbonyl (C=O) groups excluding carboxylic acids is 1. The molecule has 1 fully saturated rings. The van der Waals surface area contributed by atoms with Gasteiger partial charge >= 0.3 is 0 Å². The highest BCUT2D eigenvalue weighted by Gasteiger charge is 2.35. The average Bonchev–Trinajstić information content (AvgIpc) is 2.22. The first-order valence-corrected chi connectivity index (χ1v) is 5.81. The standard InChI is InChI=1S/C13H22N2O/c1-5-6-7-11(2)10-15-12(16)13(3,4)8-9-14-15/h5-7,14H,8-10H2,1-4H3/b6-5-,11-7+. The first-order valence-electron chi connectivity index (χ1n) is 5.81. The summed E-state index contributed by atoms with van der Waals surface area (Å²) in [6, 6.07) is 0. The maximum Gasteiger partial charge on any atom is 0.242 e. The molecule has 0 spiro atoms. The van der Waals surface area contributed by atoms with E-state index < -0.39 is 0 Å². The molecule has 0 aromatic rings. The van der Waals surface area contributed by atoms with Crippen LogP contribution in [0.25, 0.3) is 0 Å². The maximum atomic E-state index is 12.1. The number of rotatable bonds is 3. The zero-order valence-corrected chi connectivity index (χ0v) is 10.7. The average molecular weight is 222 g/mol. The van der Waals surface area contributed by atoms with E-state index in [1.807, 2.05) is 45.9 Å². The minimum Gasteiger partial charge on any atom is -0.273 e. The van der Waals surface area contributed by atoms with Crippen LogP contribution in [0.4, 0.5) is 0 Å². The number of nitrogens with zero attached hydrogens (tertiary/aromatic N) is 1. The molecule has 0 atom stereocenters. The molecular weight excluding hydrogens is 200 g/mol. The van der Waals surface area contributed by atoms with Crippen LogP contribution >= 0.6 is 0 Å². The monoisotopic (exact) mass is 222 g/mol. The van der Waals surface area contributed by atoms with Crippen LogP contribution < -0.4 is 5.43 Å². The lowest BCUT2D eigenvalue weighted by molar-refractivity contribution is -0.147. The van der Waals surface area contributed by atoms with Gasteiger partial charge in [0.05, 0.1) is 6.54 Å². The summed E-state index contributed by atoms with van der Waals surface area (Å²) in [4.78, 5) is 12.1. The first kappa shape index (κ1) is 13.0. The molecular formula is C13H22N2O. The molecule has 0 bridgehead atoms. The Bertz CT molecular complexity index is 316. The van der Waals surface area contributed by atoms with Gasteiger partial charge < -0.3 is 0 Å². The smallest absolute Gasteiger partial charge is 0.242 e. The van der Waals surface area contributed by atoms with E-state index in [-0.39, 0.29) is 11.3 Å². The largest absolute Gasteiger partial charge is 0.273 e. The molecule has 1 aliphatic heterocycles. The molecule has 3 nitrogen and oxygen atoms in total. The van der Waals surface area contributed by atoms with E-state index in [9.17, 15) is 4.79 Å². The van der Waals surface area contributed by atoms with Crippen molar-refractivity contribution in [3.8, 4) is 0 Å². The van der Waals surface area contributed by atoms with Gasteiger partial charge in [-0.2, -0.15) is 0 Å². The van der Waals surface area contributed by atoms with Crippen LogP contribution in [0.15, 0.2) is 23.8 Å². The summed E-state index contributed by atoms with van der Waals surface area (Å²) in [5.41, 5.74) is 4.10. The van der Waals surface area contributed by atoms with Gasteiger partial charge in [0.1, 0.15) is 0 Å². The van der Waals surface area contributed by atoms with Crippen molar-refractivity contribution in [3.63, 3.8) is 0 Å². The van der Waals surface area contributed by atoms with Gasteiger partial charge in [-0.05, 0) is 20.3 Å². The third-order valence-corrected chi connectivity index (χ3v) is 2.86. The lowest BCUT2D eigenvalue weighted by Gasteiger charge is -2.37. The second kappa shape index (κ2) is 5.30. The normalized spacial score (nSPS) is 21.9. The van der Waals surface area contributed by atoms with Gasteiger partial charge in [-0.15, -0.1) is 0 Å². The van der Waals surface area contributed by atoms with Crippen molar-refractivity contribution in [2.45, 2.75) is 34.1 Å². The van der Waals surface area contributed by atoms with Crippen molar-refractivity contribution in [1.82, 2.24) is 10.4 Å². The molecule has 90 valence electrons. The van der Waals surface area contributed by atoms with Crippen LogP contribution in [0.1, 0.15) is 34.1 Å². The summed E-state index contributed by atoms with van der Waals surface area (Å²) in [6.07, 6.45) is 6.92. The van der Waals surface area contributed by atoms with Gasteiger partial charge in [0, 0.05) is 12.0 Å². The molecule has 0 aliphatic carbocycles. The van der Waals surface area contributed by atoms with Crippen LogP contribution in [-0.4, -0.2) is 24.0 Å². The molecule has 0 aromatic carbocycles. The number of hydrazine groups is 1. The lowest BCUT2D eigenvalue weighted by Crippen LogP contribution is -2.55. The Hall–Kier alpha value is -1.09. The second-order valence-corrected chi connectivity index (χ2v) is 4.97. The fourth-order valence-electron chi connectivity index (χ4n) is 1.74. The highest BCUT2D eigenvalue weighted by atomic mass is 16.2. The molecule has 16 heavy (non-hydrogen) atoms. The van der Waals surface area contributed by atoms with Gasteiger partial charge in [-0.25, -0.2) is 5.43 Å². The fraction of sp³-hybridized carbons (Fsp3) is 0.615. The molecule has 1 amide bonds. The summed E-state index contributed by atoms with van der Waals surface area (Å²) in [6.45, 7) is 9.57. The van der Waals surface area contributed by atoms with Gasteiger partial charge in [-0.3, -0.25) is 9.80 Å². The lowest BCUT2D eigenvalue weighted by atomic mass is 9.86. The van der Waals surface area contributed by atoms with Crippen molar-refractivity contribution in [2.75, 3.05) is 13.1 Å². The van der Waals surface area contributed by atoms with Crippen molar-refractivity contribution in [3.05, 3.63) is 23.8 Å². The van der Waals surface area contributed by atoms with Crippen LogP contribution in [-0.2, 0) is 4.79 Å². The van der Waals surface area contributed by atoms with Crippen LogP contribution in [0.5, 0.6) is 0 Å². The third kappa shape index (κ3) is 3.20. The van der Waals surface area contributed by atoms with E-state index >= 15 is 0 Å². The van der Waals surface area contributed by atoms with E-state index in [0.717, 1.165) is 13.0 Å². The molecule has 1 rings (SSSR count). The summed E-state index contributed by atoms with van der Waals surface area (Å²) < 4.78 is 0. The van der Waals surface area contributed by atoms with Gasteiger partial charge in [0.15, 0.2) is 0 Å². The minimum absolute atomic E-state index is 0.187.